The SMILES string of the molecule is CC(CO)NC(=O)c1cc2cc3cc([Si](C)(C)C)ccc3nc2s1. The van der Waals surface area contributed by atoms with E-state index in [1.165, 1.54) is 16.5 Å². The van der Waals surface area contributed by atoms with Gasteiger partial charge in [0.05, 0.1) is 25.1 Å². The summed E-state index contributed by atoms with van der Waals surface area (Å²) in [6.45, 7) is 8.69. The fourth-order valence-electron chi connectivity index (χ4n) is 2.55. The number of pyridine rings is 1. The summed E-state index contributed by atoms with van der Waals surface area (Å²) in [5, 5.41) is 15.4. The van der Waals surface area contributed by atoms with Crippen molar-refractivity contribution in [1.82, 2.24) is 10.3 Å². The van der Waals surface area contributed by atoms with Crippen LogP contribution in [0, 0.1) is 0 Å². The molecular formula is C18H22N2O2SSi. The molecule has 3 rings (SSSR count). The first-order valence-electron chi connectivity index (χ1n) is 8.04. The van der Waals surface area contributed by atoms with Gasteiger partial charge in [-0.05, 0) is 25.1 Å². The first kappa shape index (κ1) is 17.1. The molecule has 0 aliphatic carbocycles. The van der Waals surface area contributed by atoms with E-state index in [1.807, 2.05) is 6.07 Å². The summed E-state index contributed by atoms with van der Waals surface area (Å²) in [5.41, 5.74) is 0.960. The average Bonchev–Trinajstić information content (AvgIpc) is 2.93. The van der Waals surface area contributed by atoms with Crippen LogP contribution in [-0.4, -0.2) is 36.7 Å². The summed E-state index contributed by atoms with van der Waals surface area (Å²) < 4.78 is 0. The third kappa shape index (κ3) is 3.36. The number of thiophene rings is 1. The van der Waals surface area contributed by atoms with Crippen LogP contribution < -0.4 is 10.5 Å². The van der Waals surface area contributed by atoms with E-state index in [0.29, 0.717) is 4.88 Å². The highest BCUT2D eigenvalue weighted by molar-refractivity contribution is 7.20. The van der Waals surface area contributed by atoms with Crippen molar-refractivity contribution in [3.63, 3.8) is 0 Å². The maximum absolute atomic E-state index is 12.2. The summed E-state index contributed by atoms with van der Waals surface area (Å²) >= 11 is 1.39. The highest BCUT2D eigenvalue weighted by Gasteiger charge is 2.18. The monoisotopic (exact) mass is 358 g/mol. The Hall–Kier alpha value is -1.76. The van der Waals surface area contributed by atoms with E-state index in [4.69, 9.17) is 10.1 Å². The molecule has 0 bridgehead atoms. The fraction of sp³-hybridized carbons (Fsp3) is 0.333. The number of rotatable bonds is 4. The molecule has 0 aliphatic heterocycles. The van der Waals surface area contributed by atoms with Crippen LogP contribution in [0.2, 0.25) is 19.6 Å². The number of carbonyl (C=O) groups excluding carboxylic acids is 1. The molecule has 2 heterocycles. The van der Waals surface area contributed by atoms with Crippen molar-refractivity contribution in [2.75, 3.05) is 6.61 Å². The number of fused-ring (bicyclic) bond motifs is 2. The van der Waals surface area contributed by atoms with E-state index >= 15 is 0 Å². The van der Waals surface area contributed by atoms with E-state index in [0.717, 1.165) is 21.1 Å². The highest BCUT2D eigenvalue weighted by Crippen LogP contribution is 2.27. The number of nitrogens with one attached hydrogen (secondary N) is 1. The molecule has 1 aromatic carbocycles. The maximum atomic E-state index is 12.2. The second-order valence-corrected chi connectivity index (χ2v) is 13.3. The standard InChI is InChI=1S/C18H22N2O2SSi/c1-11(10-21)19-17(22)16-9-13-7-12-8-14(24(2,3)4)5-6-15(12)20-18(13)23-16/h5-9,11,21H,10H2,1-4H3,(H,19,22). The lowest BCUT2D eigenvalue weighted by atomic mass is 10.2. The number of hydrogen-bond acceptors (Lipinski definition) is 4. The second-order valence-electron chi connectivity index (χ2n) is 7.21. The normalized spacial score (nSPS) is 13.4. The summed E-state index contributed by atoms with van der Waals surface area (Å²) in [4.78, 5) is 18.4. The number of nitrogens with zero attached hydrogens (tertiary/aromatic N) is 1. The molecule has 24 heavy (non-hydrogen) atoms. The van der Waals surface area contributed by atoms with Crippen molar-refractivity contribution in [3.05, 3.63) is 35.2 Å². The highest BCUT2D eigenvalue weighted by atomic mass is 32.1. The minimum Gasteiger partial charge on any atom is -0.394 e. The Balaban J connectivity index is 2.03. The molecule has 1 unspecified atom stereocenters. The molecule has 2 aromatic heterocycles. The molecule has 0 aliphatic rings. The van der Waals surface area contributed by atoms with Gasteiger partial charge >= 0.3 is 0 Å². The maximum Gasteiger partial charge on any atom is 0.261 e. The number of aliphatic hydroxyl groups excluding tert-OH is 1. The van der Waals surface area contributed by atoms with Crippen molar-refractivity contribution >= 4 is 51.6 Å². The van der Waals surface area contributed by atoms with Crippen molar-refractivity contribution < 1.29 is 9.90 Å². The van der Waals surface area contributed by atoms with E-state index in [2.05, 4.69) is 49.2 Å². The molecule has 0 saturated heterocycles. The molecule has 0 spiro atoms. The Labute approximate surface area is 146 Å². The van der Waals surface area contributed by atoms with Crippen LogP contribution in [0.15, 0.2) is 30.3 Å². The van der Waals surface area contributed by atoms with E-state index < -0.39 is 8.07 Å². The van der Waals surface area contributed by atoms with Gasteiger partial charge in [0.2, 0.25) is 0 Å². The van der Waals surface area contributed by atoms with Gasteiger partial charge in [0.25, 0.3) is 5.91 Å². The predicted octanol–water partition coefficient (Wildman–Crippen LogP) is 3.11. The van der Waals surface area contributed by atoms with Gasteiger partial charge in [0, 0.05) is 16.8 Å². The van der Waals surface area contributed by atoms with Crippen LogP contribution in [-0.2, 0) is 0 Å². The van der Waals surface area contributed by atoms with E-state index in [1.54, 1.807) is 6.92 Å². The summed E-state index contributed by atoms with van der Waals surface area (Å²) in [6, 6.07) is 10.2. The summed E-state index contributed by atoms with van der Waals surface area (Å²) in [6.07, 6.45) is 0. The Bertz CT molecular complexity index is 914. The van der Waals surface area contributed by atoms with Gasteiger partial charge in [-0.2, -0.15) is 0 Å². The predicted molar refractivity (Wildman–Crippen MR) is 104 cm³/mol. The largest absolute Gasteiger partial charge is 0.394 e. The lowest BCUT2D eigenvalue weighted by molar-refractivity contribution is 0.0926. The van der Waals surface area contributed by atoms with Gasteiger partial charge in [-0.25, -0.2) is 4.98 Å². The molecule has 0 fully saturated rings. The minimum atomic E-state index is -1.37. The molecule has 6 heteroatoms. The van der Waals surface area contributed by atoms with Crippen LogP contribution >= 0.6 is 11.3 Å². The Morgan fingerprint density at radius 3 is 2.67 bits per heavy atom. The fourth-order valence-corrected chi connectivity index (χ4v) is 4.65. The van der Waals surface area contributed by atoms with Crippen molar-refractivity contribution in [1.29, 1.82) is 0 Å². The first-order valence-corrected chi connectivity index (χ1v) is 12.4. The molecule has 4 nitrogen and oxygen atoms in total. The summed E-state index contributed by atoms with van der Waals surface area (Å²) in [5.74, 6) is -0.161. The second kappa shape index (κ2) is 6.27. The number of carbonyl (C=O) groups is 1. The van der Waals surface area contributed by atoms with Crippen molar-refractivity contribution in [2.45, 2.75) is 32.6 Å². The van der Waals surface area contributed by atoms with Crippen molar-refractivity contribution in [3.8, 4) is 0 Å². The quantitative estimate of drug-likeness (QED) is 0.705. The van der Waals surface area contributed by atoms with Crippen LogP contribution in [0.4, 0.5) is 0 Å². The van der Waals surface area contributed by atoms with E-state index in [-0.39, 0.29) is 18.6 Å². The Morgan fingerprint density at radius 1 is 1.25 bits per heavy atom. The lowest BCUT2D eigenvalue weighted by Gasteiger charge is -2.16. The molecule has 1 amide bonds. The zero-order valence-corrected chi connectivity index (χ0v) is 16.2. The molecule has 3 aromatic rings. The number of aromatic nitrogens is 1. The Kier molecular flexibility index (Phi) is 4.46. The third-order valence-corrected chi connectivity index (χ3v) is 7.13. The smallest absolute Gasteiger partial charge is 0.261 e. The van der Waals surface area contributed by atoms with Crippen LogP contribution in [0.5, 0.6) is 0 Å². The van der Waals surface area contributed by atoms with Gasteiger partial charge < -0.3 is 10.4 Å². The average molecular weight is 359 g/mol. The van der Waals surface area contributed by atoms with Gasteiger partial charge in [-0.1, -0.05) is 37.0 Å². The minimum absolute atomic E-state index is 0.0712. The van der Waals surface area contributed by atoms with Gasteiger partial charge in [-0.15, -0.1) is 11.3 Å². The topological polar surface area (TPSA) is 62.2 Å². The molecule has 2 N–H and O–H groups in total. The molecular weight excluding hydrogens is 336 g/mol. The molecule has 0 radical (unpaired) electrons. The molecule has 0 saturated carbocycles. The molecule has 1 atom stereocenters. The van der Waals surface area contributed by atoms with Crippen LogP contribution in [0.1, 0.15) is 16.6 Å². The van der Waals surface area contributed by atoms with E-state index in [9.17, 15) is 4.79 Å². The zero-order valence-electron chi connectivity index (χ0n) is 14.4. The van der Waals surface area contributed by atoms with Crippen LogP contribution in [0.3, 0.4) is 0 Å². The number of aliphatic hydroxyl groups is 1. The summed E-state index contributed by atoms with van der Waals surface area (Å²) in [7, 11) is -1.37. The van der Waals surface area contributed by atoms with Gasteiger partial charge in [0.15, 0.2) is 0 Å². The first-order chi connectivity index (χ1) is 11.3. The van der Waals surface area contributed by atoms with Crippen molar-refractivity contribution in [2.24, 2.45) is 0 Å². The zero-order chi connectivity index (χ0) is 17.5. The Morgan fingerprint density at radius 2 is 2.00 bits per heavy atom. The number of benzene rings is 1. The molecule has 126 valence electrons. The van der Waals surface area contributed by atoms with Gasteiger partial charge in [-0.3, -0.25) is 4.79 Å². The third-order valence-electron chi connectivity index (χ3n) is 4.04. The lowest BCUT2D eigenvalue weighted by Crippen LogP contribution is -2.37. The van der Waals surface area contributed by atoms with Crippen LogP contribution in [0.25, 0.3) is 21.1 Å². The van der Waals surface area contributed by atoms with Gasteiger partial charge in [0.1, 0.15) is 4.83 Å². The number of hydrogen-bond donors (Lipinski definition) is 2. The number of amides is 1.